The first-order valence-electron chi connectivity index (χ1n) is 5.91. The Bertz CT molecular complexity index is 461. The summed E-state index contributed by atoms with van der Waals surface area (Å²) in [6.07, 6.45) is 0. The van der Waals surface area contributed by atoms with E-state index in [4.69, 9.17) is 4.74 Å². The summed E-state index contributed by atoms with van der Waals surface area (Å²) in [6.45, 7) is 6.96. The zero-order valence-electron chi connectivity index (χ0n) is 11.1. The Labute approximate surface area is 107 Å². The number of hydrogen-bond acceptors (Lipinski definition) is 4. The summed E-state index contributed by atoms with van der Waals surface area (Å²) in [5, 5.41) is 9.75. The number of benzene rings is 1. The van der Waals surface area contributed by atoms with E-state index in [9.17, 15) is 14.7 Å². The van der Waals surface area contributed by atoms with Crippen LogP contribution in [0.25, 0.3) is 0 Å². The second kappa shape index (κ2) is 5.67. The smallest absolute Gasteiger partial charge is 0.313 e. The molecular weight excluding hydrogens is 232 g/mol. The Morgan fingerprint density at radius 2 is 1.72 bits per heavy atom. The molecule has 1 rings (SSSR count). The molecule has 0 aliphatic heterocycles. The highest BCUT2D eigenvalue weighted by Crippen LogP contribution is 2.26. The maximum absolute atomic E-state index is 11.7. The molecule has 0 unspecified atom stereocenters. The van der Waals surface area contributed by atoms with Gasteiger partial charge in [-0.2, -0.15) is 0 Å². The number of ether oxygens (including phenoxy) is 1. The molecule has 0 radical (unpaired) electrons. The van der Waals surface area contributed by atoms with Crippen molar-refractivity contribution in [1.29, 1.82) is 0 Å². The molecule has 0 amide bonds. The number of carbonyl (C=O) groups is 2. The van der Waals surface area contributed by atoms with E-state index in [2.05, 4.69) is 0 Å². The van der Waals surface area contributed by atoms with Crippen LogP contribution in [0.5, 0.6) is 11.5 Å². The van der Waals surface area contributed by atoms with Crippen LogP contribution in [0.15, 0.2) is 18.2 Å². The van der Waals surface area contributed by atoms with Crippen LogP contribution in [0, 0.1) is 11.8 Å². The molecule has 4 nitrogen and oxygen atoms in total. The van der Waals surface area contributed by atoms with Crippen LogP contribution >= 0.6 is 0 Å². The molecule has 0 aliphatic rings. The topological polar surface area (TPSA) is 63.6 Å². The molecule has 18 heavy (non-hydrogen) atoms. The van der Waals surface area contributed by atoms with E-state index < -0.39 is 0 Å². The third-order valence-corrected chi connectivity index (χ3v) is 2.45. The molecular formula is C14H18O4. The lowest BCUT2D eigenvalue weighted by atomic mass is 10.0. The van der Waals surface area contributed by atoms with Crippen LogP contribution in [-0.2, 0) is 4.79 Å². The fourth-order valence-corrected chi connectivity index (χ4v) is 1.33. The molecule has 0 bridgehead atoms. The van der Waals surface area contributed by atoms with E-state index >= 15 is 0 Å². The average molecular weight is 250 g/mol. The summed E-state index contributed by atoms with van der Waals surface area (Å²) in [5.41, 5.74) is 0.245. The molecule has 0 aliphatic carbocycles. The first kappa shape index (κ1) is 14.2. The maximum Gasteiger partial charge on any atom is 0.313 e. The highest BCUT2D eigenvalue weighted by Gasteiger charge is 2.16. The van der Waals surface area contributed by atoms with Crippen molar-refractivity contribution in [2.45, 2.75) is 27.7 Å². The molecule has 0 fully saturated rings. The van der Waals surface area contributed by atoms with E-state index in [-0.39, 0.29) is 40.7 Å². The molecule has 0 heterocycles. The van der Waals surface area contributed by atoms with Gasteiger partial charge in [0.2, 0.25) is 0 Å². The van der Waals surface area contributed by atoms with Crippen LogP contribution in [0.3, 0.4) is 0 Å². The monoisotopic (exact) mass is 250 g/mol. The predicted molar refractivity (Wildman–Crippen MR) is 67.7 cm³/mol. The van der Waals surface area contributed by atoms with E-state index in [0.29, 0.717) is 0 Å². The lowest BCUT2D eigenvalue weighted by molar-refractivity contribution is -0.137. The Kier molecular flexibility index (Phi) is 4.48. The first-order chi connectivity index (χ1) is 8.32. The van der Waals surface area contributed by atoms with Gasteiger partial charge < -0.3 is 9.84 Å². The van der Waals surface area contributed by atoms with Gasteiger partial charge >= 0.3 is 5.97 Å². The number of hydrogen-bond donors (Lipinski definition) is 1. The van der Waals surface area contributed by atoms with E-state index in [1.54, 1.807) is 27.7 Å². The SMILES string of the molecule is CC(C)C(=O)Oc1ccc(C(=O)C(C)C)c(O)c1. The third-order valence-electron chi connectivity index (χ3n) is 2.45. The van der Waals surface area contributed by atoms with Gasteiger partial charge in [0.25, 0.3) is 0 Å². The van der Waals surface area contributed by atoms with Crippen LogP contribution in [0.1, 0.15) is 38.1 Å². The van der Waals surface area contributed by atoms with Crippen molar-refractivity contribution in [2.24, 2.45) is 11.8 Å². The second-order valence-electron chi connectivity index (χ2n) is 4.77. The molecule has 1 N–H and O–H groups in total. The van der Waals surface area contributed by atoms with Crippen LogP contribution < -0.4 is 4.74 Å². The second-order valence-corrected chi connectivity index (χ2v) is 4.77. The van der Waals surface area contributed by atoms with Crippen molar-refractivity contribution in [3.05, 3.63) is 23.8 Å². The molecule has 98 valence electrons. The highest BCUT2D eigenvalue weighted by atomic mass is 16.5. The quantitative estimate of drug-likeness (QED) is 0.507. The molecule has 0 saturated heterocycles. The largest absolute Gasteiger partial charge is 0.507 e. The fourth-order valence-electron chi connectivity index (χ4n) is 1.33. The standard InChI is InChI=1S/C14H18O4/c1-8(2)13(16)11-6-5-10(7-12(11)15)18-14(17)9(3)4/h5-9,15H,1-4H3. The molecule has 1 aromatic rings. The Morgan fingerprint density at radius 1 is 1.11 bits per heavy atom. The van der Waals surface area contributed by atoms with Gasteiger partial charge in [0.05, 0.1) is 11.5 Å². The van der Waals surface area contributed by atoms with Crippen molar-refractivity contribution in [3.63, 3.8) is 0 Å². The van der Waals surface area contributed by atoms with Crippen LogP contribution in [0.4, 0.5) is 0 Å². The van der Waals surface area contributed by atoms with Crippen LogP contribution in [-0.4, -0.2) is 16.9 Å². The van der Waals surface area contributed by atoms with Gasteiger partial charge in [-0.1, -0.05) is 27.7 Å². The molecule has 0 saturated carbocycles. The number of phenols is 1. The Hall–Kier alpha value is -1.84. The average Bonchev–Trinajstić information content (AvgIpc) is 2.28. The maximum atomic E-state index is 11.7. The van der Waals surface area contributed by atoms with Gasteiger partial charge in [-0.15, -0.1) is 0 Å². The fraction of sp³-hybridized carbons (Fsp3) is 0.429. The van der Waals surface area contributed by atoms with Crippen molar-refractivity contribution in [3.8, 4) is 11.5 Å². The number of esters is 1. The molecule has 0 aromatic heterocycles. The minimum atomic E-state index is -0.377. The summed E-state index contributed by atoms with van der Waals surface area (Å²) >= 11 is 0. The molecule has 0 spiro atoms. The van der Waals surface area contributed by atoms with Gasteiger partial charge in [0.1, 0.15) is 11.5 Å². The summed E-state index contributed by atoms with van der Waals surface area (Å²) in [4.78, 5) is 23.1. The number of carbonyl (C=O) groups excluding carboxylic acids is 2. The minimum Gasteiger partial charge on any atom is -0.507 e. The van der Waals surface area contributed by atoms with E-state index in [1.807, 2.05) is 0 Å². The normalized spacial score (nSPS) is 10.8. The van der Waals surface area contributed by atoms with Crippen LogP contribution in [0.2, 0.25) is 0 Å². The van der Waals surface area contributed by atoms with Gasteiger partial charge in [-0.25, -0.2) is 0 Å². The third kappa shape index (κ3) is 3.32. The van der Waals surface area contributed by atoms with E-state index in [1.165, 1.54) is 18.2 Å². The predicted octanol–water partition coefficient (Wildman–Crippen LogP) is 2.79. The Morgan fingerprint density at radius 3 is 2.17 bits per heavy atom. The molecule has 1 aromatic carbocycles. The number of rotatable bonds is 4. The van der Waals surface area contributed by atoms with E-state index in [0.717, 1.165) is 0 Å². The number of phenolic OH excluding ortho intramolecular Hbond substituents is 1. The molecule has 0 atom stereocenters. The molecule has 4 heteroatoms. The summed E-state index contributed by atoms with van der Waals surface area (Å²) < 4.78 is 5.04. The summed E-state index contributed by atoms with van der Waals surface area (Å²) in [6, 6.07) is 4.27. The summed E-state index contributed by atoms with van der Waals surface area (Å²) in [7, 11) is 0. The zero-order valence-corrected chi connectivity index (χ0v) is 11.1. The Balaban J connectivity index is 2.93. The van der Waals surface area contributed by atoms with Gasteiger partial charge in [-0.05, 0) is 12.1 Å². The van der Waals surface area contributed by atoms with Crippen molar-refractivity contribution >= 4 is 11.8 Å². The summed E-state index contributed by atoms with van der Waals surface area (Å²) in [5.74, 6) is -0.884. The van der Waals surface area contributed by atoms with Crippen molar-refractivity contribution < 1.29 is 19.4 Å². The zero-order chi connectivity index (χ0) is 13.9. The van der Waals surface area contributed by atoms with Gasteiger partial charge in [-0.3, -0.25) is 9.59 Å². The van der Waals surface area contributed by atoms with Gasteiger partial charge in [0.15, 0.2) is 5.78 Å². The van der Waals surface area contributed by atoms with Gasteiger partial charge in [0, 0.05) is 12.0 Å². The first-order valence-corrected chi connectivity index (χ1v) is 5.91. The number of Topliss-reactive ketones (excluding diaryl/α,β-unsaturated/α-hetero) is 1. The minimum absolute atomic E-state index is 0.144. The number of ketones is 1. The van der Waals surface area contributed by atoms with Crippen molar-refractivity contribution in [1.82, 2.24) is 0 Å². The van der Waals surface area contributed by atoms with Crippen molar-refractivity contribution in [2.75, 3.05) is 0 Å². The highest BCUT2D eigenvalue weighted by molar-refractivity contribution is 6.00. The lowest BCUT2D eigenvalue weighted by Crippen LogP contribution is -2.15. The lowest BCUT2D eigenvalue weighted by Gasteiger charge is -2.10. The number of aromatic hydroxyl groups is 1.